The number of carbonyl (C=O) groups is 2. The minimum absolute atomic E-state index is 0.0105. The van der Waals surface area contributed by atoms with Crippen LogP contribution >= 0.6 is 0 Å². The van der Waals surface area contributed by atoms with Gasteiger partial charge < -0.3 is 19.3 Å². The van der Waals surface area contributed by atoms with E-state index >= 15 is 0 Å². The molecule has 2 aliphatic rings. The first-order chi connectivity index (χ1) is 41.1. The third kappa shape index (κ3) is 14.6. The van der Waals surface area contributed by atoms with Crippen molar-refractivity contribution < 1.29 is 19.1 Å². The molecule has 6 heteroatoms. The lowest BCUT2D eigenvalue weighted by Crippen LogP contribution is -2.26. The number of carbonyl (C=O) groups excluding carboxylic acids is 2. The number of hydrogen-bond acceptors (Lipinski definition) is 6. The summed E-state index contributed by atoms with van der Waals surface area (Å²) in [5.41, 5.74) is 19.4. The summed E-state index contributed by atoms with van der Waals surface area (Å²) in [6.45, 7) is 22.7. The molecule has 0 bridgehead atoms. The fourth-order valence-corrected chi connectivity index (χ4v) is 12.8. The number of hydrogen-bond donors (Lipinski definition) is 0. The van der Waals surface area contributed by atoms with Crippen LogP contribution in [0.4, 0.5) is 28.4 Å². The number of benzene rings is 7. The van der Waals surface area contributed by atoms with Gasteiger partial charge in [-0.1, -0.05) is 223 Å². The highest BCUT2D eigenvalue weighted by atomic mass is 16.5. The van der Waals surface area contributed by atoms with Crippen LogP contribution in [-0.2, 0) is 30.5 Å². The van der Waals surface area contributed by atoms with Crippen LogP contribution in [0, 0.1) is 5.92 Å². The number of anilines is 5. The van der Waals surface area contributed by atoms with Crippen LogP contribution in [0.5, 0.6) is 0 Å². The lowest BCUT2D eigenvalue weighted by Gasteiger charge is -2.34. The van der Waals surface area contributed by atoms with Crippen LogP contribution < -0.4 is 9.80 Å². The van der Waals surface area contributed by atoms with Gasteiger partial charge in [0, 0.05) is 39.5 Å². The zero-order valence-corrected chi connectivity index (χ0v) is 52.9. The number of unbranched alkanes of at least 4 members (excludes halogenated alkanes) is 10. The maximum absolute atomic E-state index is 13.3. The highest BCUT2D eigenvalue weighted by molar-refractivity contribution is 5.92. The second-order valence-corrected chi connectivity index (χ2v) is 25.9. The Morgan fingerprint density at radius 1 is 0.471 bits per heavy atom. The molecule has 1 unspecified atom stereocenters. The van der Waals surface area contributed by atoms with Gasteiger partial charge in [0.15, 0.2) is 0 Å². The Labute approximate surface area is 510 Å². The molecule has 2 aliphatic carbocycles. The zero-order valence-electron chi connectivity index (χ0n) is 52.9. The lowest BCUT2D eigenvalue weighted by molar-refractivity contribution is -0.146. The van der Waals surface area contributed by atoms with Crippen molar-refractivity contribution in [2.24, 2.45) is 5.92 Å². The van der Waals surface area contributed by atoms with E-state index in [2.05, 4.69) is 217 Å². The highest BCUT2D eigenvalue weighted by Crippen LogP contribution is 2.56. The summed E-state index contributed by atoms with van der Waals surface area (Å²) >= 11 is 0. The molecule has 85 heavy (non-hydrogen) atoms. The number of allylic oxidation sites excluding steroid dienone is 2. The van der Waals surface area contributed by atoms with E-state index in [0.29, 0.717) is 25.2 Å². The molecule has 0 saturated heterocycles. The number of rotatable bonds is 26. The molecule has 0 spiro atoms. The van der Waals surface area contributed by atoms with Crippen molar-refractivity contribution in [1.82, 2.24) is 0 Å². The Bertz CT molecular complexity index is 3390. The van der Waals surface area contributed by atoms with E-state index in [0.717, 1.165) is 45.3 Å². The van der Waals surface area contributed by atoms with Crippen LogP contribution in [0.1, 0.15) is 198 Å². The topological polar surface area (TPSA) is 59.1 Å². The van der Waals surface area contributed by atoms with Crippen LogP contribution in [0.15, 0.2) is 182 Å². The highest BCUT2D eigenvalue weighted by Gasteiger charge is 2.43. The molecule has 1 atom stereocenters. The van der Waals surface area contributed by atoms with Gasteiger partial charge in [-0.15, -0.1) is 0 Å². The van der Waals surface area contributed by atoms with Gasteiger partial charge in [-0.3, -0.25) is 4.79 Å². The first-order valence-electron chi connectivity index (χ1n) is 32.2. The molecule has 0 aliphatic heterocycles. The molecule has 0 heterocycles. The molecular formula is C79H94N2O4. The van der Waals surface area contributed by atoms with Gasteiger partial charge in [-0.05, 0) is 185 Å². The molecule has 7 aromatic rings. The quantitative estimate of drug-likeness (QED) is 0.0398. The summed E-state index contributed by atoms with van der Waals surface area (Å²) in [4.78, 5) is 30.7. The summed E-state index contributed by atoms with van der Waals surface area (Å²) in [7, 11) is 0. The molecule has 0 amide bonds. The summed E-state index contributed by atoms with van der Waals surface area (Å²) in [5.74, 6) is -0.903. The predicted octanol–water partition coefficient (Wildman–Crippen LogP) is 22.2. The monoisotopic (exact) mass is 1130 g/mol. The lowest BCUT2D eigenvalue weighted by atomic mass is 9.69. The van der Waals surface area contributed by atoms with Crippen LogP contribution in [0.3, 0.4) is 0 Å². The van der Waals surface area contributed by atoms with Crippen molar-refractivity contribution >= 4 is 40.4 Å². The van der Waals surface area contributed by atoms with Gasteiger partial charge in [0.1, 0.15) is 0 Å². The number of nitrogens with zero attached hydrogens (tertiary/aromatic N) is 2. The van der Waals surface area contributed by atoms with E-state index in [1.165, 1.54) is 129 Å². The van der Waals surface area contributed by atoms with E-state index in [1.807, 2.05) is 38.1 Å². The first-order valence-corrected chi connectivity index (χ1v) is 32.2. The molecule has 0 fully saturated rings. The Hall–Kier alpha value is -7.44. The third-order valence-electron chi connectivity index (χ3n) is 17.7. The SMILES string of the molecule is CCCCCCCCC1(CCCCCCCC)c2cc(-c3ccc(N(c4ccc(-c5ccc(N(C6=CC(C(=O)OCC)CC=C6)c6ccc(C(C)(C)C)cc6)cc5)cc4)c4cccc(C(=O)OCC)c4)cc3)ccc2-c2ccc(C(C)(C)C)cc21. The molecule has 6 nitrogen and oxygen atoms in total. The second kappa shape index (κ2) is 28.2. The largest absolute Gasteiger partial charge is 0.466 e. The average molecular weight is 1140 g/mol. The van der Waals surface area contributed by atoms with Gasteiger partial charge in [0.05, 0.1) is 24.7 Å². The van der Waals surface area contributed by atoms with E-state index < -0.39 is 0 Å². The zero-order chi connectivity index (χ0) is 60.1. The molecule has 444 valence electrons. The Morgan fingerprint density at radius 2 is 0.929 bits per heavy atom. The number of ether oxygens (including phenoxy) is 2. The molecule has 0 aromatic heterocycles. The Balaban J connectivity index is 1.05. The van der Waals surface area contributed by atoms with Crippen molar-refractivity contribution in [3.05, 3.63) is 209 Å². The third-order valence-corrected chi connectivity index (χ3v) is 17.7. The maximum atomic E-state index is 13.3. The molecule has 9 rings (SSSR count). The van der Waals surface area contributed by atoms with Gasteiger partial charge in [0.25, 0.3) is 0 Å². The van der Waals surface area contributed by atoms with E-state index in [4.69, 9.17) is 9.47 Å². The Morgan fingerprint density at radius 3 is 1.46 bits per heavy atom. The van der Waals surface area contributed by atoms with Crippen molar-refractivity contribution in [2.75, 3.05) is 23.0 Å². The molecular weight excluding hydrogens is 1040 g/mol. The summed E-state index contributed by atoms with van der Waals surface area (Å²) in [6, 6.07) is 57.6. The van der Waals surface area contributed by atoms with E-state index in [-0.39, 0.29) is 34.1 Å². The fourth-order valence-electron chi connectivity index (χ4n) is 12.8. The van der Waals surface area contributed by atoms with Crippen LogP contribution in [-0.4, -0.2) is 25.2 Å². The van der Waals surface area contributed by atoms with Crippen LogP contribution in [0.25, 0.3) is 33.4 Å². The minimum Gasteiger partial charge on any atom is -0.466 e. The predicted molar refractivity (Wildman–Crippen MR) is 358 cm³/mol. The normalized spacial score (nSPS) is 14.3. The standard InChI is InChI=1S/C79H94N2O4/c1-11-15-17-19-21-23-51-79(52-24-22-20-18-16-12-2)73-55-60(37-49-71(73)72-50-40-64(56-74(72)79)78(8,9)10)59-35-45-67(46-36-59)80(69-29-25-27-61(53-69)75(82)84-13-3)65-41-31-57(32-42-65)58-33-43-66(44-34-58)81(68-47-38-63(39-48-68)77(5,6)7)70-30-26-28-62(54-70)76(83)85-14-4/h25-27,29-50,53-56,62H,11-24,28,51-52H2,1-10H3. The van der Waals surface area contributed by atoms with Crippen molar-refractivity contribution in [1.29, 1.82) is 0 Å². The van der Waals surface area contributed by atoms with Crippen molar-refractivity contribution in [3.8, 4) is 33.4 Å². The average Bonchev–Trinajstić information content (AvgIpc) is 1.91. The fraction of sp³-hybridized carbons (Fsp3) is 0.392. The van der Waals surface area contributed by atoms with Crippen molar-refractivity contribution in [2.45, 2.75) is 182 Å². The summed E-state index contributed by atoms with van der Waals surface area (Å²) < 4.78 is 11.0. The molecule has 0 saturated carbocycles. The summed E-state index contributed by atoms with van der Waals surface area (Å²) in [5, 5.41) is 0. The molecule has 7 aromatic carbocycles. The van der Waals surface area contributed by atoms with Crippen LogP contribution in [0.2, 0.25) is 0 Å². The van der Waals surface area contributed by atoms with Crippen molar-refractivity contribution in [3.63, 3.8) is 0 Å². The second-order valence-electron chi connectivity index (χ2n) is 25.9. The van der Waals surface area contributed by atoms with E-state index in [9.17, 15) is 9.59 Å². The molecule has 0 radical (unpaired) electrons. The van der Waals surface area contributed by atoms with Gasteiger partial charge in [-0.2, -0.15) is 0 Å². The number of fused-ring (bicyclic) bond motifs is 3. The molecule has 0 N–H and O–H groups in total. The minimum atomic E-state index is -0.356. The van der Waals surface area contributed by atoms with E-state index in [1.54, 1.807) is 5.56 Å². The van der Waals surface area contributed by atoms with Gasteiger partial charge >= 0.3 is 11.9 Å². The number of esters is 2. The maximum Gasteiger partial charge on any atom is 0.338 e. The van der Waals surface area contributed by atoms with Gasteiger partial charge in [0.2, 0.25) is 0 Å². The van der Waals surface area contributed by atoms with Gasteiger partial charge in [-0.25, -0.2) is 4.79 Å². The smallest absolute Gasteiger partial charge is 0.338 e. The Kier molecular flexibility index (Phi) is 20.6. The first kappa shape index (κ1) is 62.1. The summed E-state index contributed by atoms with van der Waals surface area (Å²) in [6.07, 6.45) is 24.7.